The van der Waals surface area contributed by atoms with E-state index >= 15 is 0 Å². The monoisotopic (exact) mass is 211 g/mol. The second kappa shape index (κ2) is 4.94. The van der Waals surface area contributed by atoms with Gasteiger partial charge in [0.2, 0.25) is 5.91 Å². The molecule has 0 radical (unpaired) electrons. The third-order valence-corrected chi connectivity index (χ3v) is 3.49. The van der Waals surface area contributed by atoms with E-state index in [9.17, 15) is 4.79 Å². The van der Waals surface area contributed by atoms with Crippen LogP contribution in [0, 0.1) is 11.8 Å². The van der Waals surface area contributed by atoms with Crippen molar-refractivity contribution in [1.29, 1.82) is 0 Å². The summed E-state index contributed by atoms with van der Waals surface area (Å²) in [6.45, 7) is 7.81. The first-order valence-corrected chi connectivity index (χ1v) is 5.99. The molecule has 2 N–H and O–H groups in total. The first kappa shape index (κ1) is 10.9. The highest BCUT2D eigenvalue weighted by molar-refractivity contribution is 5.79. The lowest BCUT2D eigenvalue weighted by Crippen LogP contribution is -2.40. The molecule has 2 rings (SSSR count). The Morgan fingerprint density at radius 3 is 2.80 bits per heavy atom. The van der Waals surface area contributed by atoms with Crippen LogP contribution in [-0.2, 0) is 4.79 Å². The van der Waals surface area contributed by atoms with E-state index in [0.717, 1.165) is 45.7 Å². The summed E-state index contributed by atoms with van der Waals surface area (Å²) in [5.41, 5.74) is 0. The van der Waals surface area contributed by atoms with E-state index in [0.29, 0.717) is 11.8 Å². The molecule has 15 heavy (non-hydrogen) atoms. The maximum Gasteiger partial charge on any atom is 0.227 e. The van der Waals surface area contributed by atoms with Crippen LogP contribution >= 0.6 is 0 Å². The Morgan fingerprint density at radius 1 is 1.20 bits per heavy atom. The Bertz CT molecular complexity index is 224. The largest absolute Gasteiger partial charge is 0.341 e. The van der Waals surface area contributed by atoms with Crippen molar-refractivity contribution >= 4 is 5.91 Å². The molecule has 2 aliphatic rings. The summed E-state index contributed by atoms with van der Waals surface area (Å²) in [6, 6.07) is 0. The maximum atomic E-state index is 12.2. The summed E-state index contributed by atoms with van der Waals surface area (Å²) in [7, 11) is 0. The number of amides is 1. The van der Waals surface area contributed by atoms with E-state index in [1.165, 1.54) is 0 Å². The van der Waals surface area contributed by atoms with E-state index in [1.807, 2.05) is 4.90 Å². The van der Waals surface area contributed by atoms with E-state index in [1.54, 1.807) is 0 Å². The number of nitrogens with zero attached hydrogens (tertiary/aromatic N) is 1. The van der Waals surface area contributed by atoms with Gasteiger partial charge in [-0.15, -0.1) is 0 Å². The van der Waals surface area contributed by atoms with Gasteiger partial charge in [-0.3, -0.25) is 4.79 Å². The average molecular weight is 211 g/mol. The number of hydrogen-bond acceptors (Lipinski definition) is 3. The fourth-order valence-corrected chi connectivity index (χ4v) is 2.44. The van der Waals surface area contributed by atoms with Crippen LogP contribution in [0.1, 0.15) is 13.3 Å². The number of hydrogen-bond donors (Lipinski definition) is 2. The summed E-state index contributed by atoms with van der Waals surface area (Å²) >= 11 is 0. The van der Waals surface area contributed by atoms with Gasteiger partial charge in [0.15, 0.2) is 0 Å². The van der Waals surface area contributed by atoms with Crippen molar-refractivity contribution < 1.29 is 4.79 Å². The summed E-state index contributed by atoms with van der Waals surface area (Å²) in [6.07, 6.45) is 1.08. The van der Waals surface area contributed by atoms with Gasteiger partial charge in [0.1, 0.15) is 0 Å². The summed E-state index contributed by atoms with van der Waals surface area (Å²) in [5, 5.41) is 6.62. The predicted molar refractivity (Wildman–Crippen MR) is 59.6 cm³/mol. The topological polar surface area (TPSA) is 44.4 Å². The minimum atomic E-state index is 0.211. The van der Waals surface area contributed by atoms with Crippen LogP contribution in [0.25, 0.3) is 0 Å². The first-order valence-electron chi connectivity index (χ1n) is 5.99. The summed E-state index contributed by atoms with van der Waals surface area (Å²) < 4.78 is 0. The molecular weight excluding hydrogens is 190 g/mol. The molecule has 0 aromatic carbocycles. The first-order chi connectivity index (χ1) is 7.29. The normalized spacial score (nSPS) is 32.7. The molecule has 0 aromatic rings. The van der Waals surface area contributed by atoms with E-state index < -0.39 is 0 Å². The molecule has 0 aliphatic carbocycles. The Kier molecular flexibility index (Phi) is 3.59. The highest BCUT2D eigenvalue weighted by Crippen LogP contribution is 2.18. The van der Waals surface area contributed by atoms with Crippen LogP contribution in [-0.4, -0.2) is 50.1 Å². The molecule has 4 heteroatoms. The molecular formula is C11H21N3O. The van der Waals surface area contributed by atoms with Gasteiger partial charge in [-0.1, -0.05) is 6.92 Å². The van der Waals surface area contributed by atoms with Crippen molar-refractivity contribution in [3.8, 4) is 0 Å². The van der Waals surface area contributed by atoms with E-state index in [2.05, 4.69) is 17.6 Å². The minimum absolute atomic E-state index is 0.211. The zero-order valence-electron chi connectivity index (χ0n) is 9.46. The highest BCUT2D eigenvalue weighted by atomic mass is 16.2. The van der Waals surface area contributed by atoms with Gasteiger partial charge in [-0.05, 0) is 25.4 Å². The fourth-order valence-electron chi connectivity index (χ4n) is 2.44. The minimum Gasteiger partial charge on any atom is -0.341 e. The molecule has 2 fully saturated rings. The SMILES string of the molecule is C[C@@H]1CNC[C@H]1C(=O)N1CCCNCC1. The van der Waals surface area contributed by atoms with Gasteiger partial charge in [-0.25, -0.2) is 0 Å². The van der Waals surface area contributed by atoms with Crippen molar-refractivity contribution in [3.63, 3.8) is 0 Å². The molecule has 0 spiro atoms. The van der Waals surface area contributed by atoms with Gasteiger partial charge in [-0.2, -0.15) is 0 Å². The molecule has 0 unspecified atom stereocenters. The molecule has 2 heterocycles. The molecule has 2 atom stereocenters. The van der Waals surface area contributed by atoms with Crippen molar-refractivity contribution in [2.45, 2.75) is 13.3 Å². The smallest absolute Gasteiger partial charge is 0.227 e. The van der Waals surface area contributed by atoms with E-state index in [4.69, 9.17) is 0 Å². The van der Waals surface area contributed by atoms with Crippen LogP contribution in [0.2, 0.25) is 0 Å². The Balaban J connectivity index is 1.93. The number of rotatable bonds is 1. The third-order valence-electron chi connectivity index (χ3n) is 3.49. The number of carbonyl (C=O) groups excluding carboxylic acids is 1. The van der Waals surface area contributed by atoms with Crippen LogP contribution in [0.4, 0.5) is 0 Å². The average Bonchev–Trinajstić information content (AvgIpc) is 2.53. The molecule has 2 saturated heterocycles. The Hall–Kier alpha value is -0.610. The lowest BCUT2D eigenvalue weighted by Gasteiger charge is -2.25. The van der Waals surface area contributed by atoms with Crippen LogP contribution in [0.5, 0.6) is 0 Å². The van der Waals surface area contributed by atoms with Crippen LogP contribution in [0.15, 0.2) is 0 Å². The lowest BCUT2D eigenvalue weighted by atomic mass is 9.96. The molecule has 2 aliphatic heterocycles. The zero-order valence-corrected chi connectivity index (χ0v) is 9.46. The third kappa shape index (κ3) is 2.49. The number of carbonyl (C=O) groups is 1. The van der Waals surface area contributed by atoms with Gasteiger partial charge in [0, 0.05) is 26.2 Å². The van der Waals surface area contributed by atoms with Gasteiger partial charge in [0.25, 0.3) is 0 Å². The van der Waals surface area contributed by atoms with E-state index in [-0.39, 0.29) is 5.92 Å². The standard InChI is InChI=1S/C11H21N3O/c1-9-7-13-8-10(9)11(15)14-5-2-3-12-4-6-14/h9-10,12-13H,2-8H2,1H3/t9-,10-/m1/s1. The molecule has 0 aromatic heterocycles. The van der Waals surface area contributed by atoms with Crippen molar-refractivity contribution in [2.24, 2.45) is 11.8 Å². The maximum absolute atomic E-state index is 12.2. The molecule has 4 nitrogen and oxygen atoms in total. The second-order valence-corrected chi connectivity index (χ2v) is 4.67. The van der Waals surface area contributed by atoms with Crippen molar-refractivity contribution in [3.05, 3.63) is 0 Å². The van der Waals surface area contributed by atoms with Crippen LogP contribution in [0.3, 0.4) is 0 Å². The molecule has 86 valence electrons. The predicted octanol–water partition coefficient (Wildman–Crippen LogP) is -0.336. The highest BCUT2D eigenvalue weighted by Gasteiger charge is 2.32. The van der Waals surface area contributed by atoms with Gasteiger partial charge in [0.05, 0.1) is 5.92 Å². The molecule has 0 bridgehead atoms. The lowest BCUT2D eigenvalue weighted by molar-refractivity contribution is -0.135. The van der Waals surface area contributed by atoms with Crippen LogP contribution < -0.4 is 10.6 Å². The Labute approximate surface area is 91.4 Å². The number of nitrogens with one attached hydrogen (secondary N) is 2. The molecule has 0 saturated carbocycles. The molecule has 1 amide bonds. The summed E-state index contributed by atoms with van der Waals surface area (Å²) in [4.78, 5) is 14.3. The quantitative estimate of drug-likeness (QED) is 0.624. The Morgan fingerprint density at radius 2 is 2.07 bits per heavy atom. The summed E-state index contributed by atoms with van der Waals surface area (Å²) in [5.74, 6) is 1.06. The fraction of sp³-hybridized carbons (Fsp3) is 0.909. The van der Waals surface area contributed by atoms with Crippen molar-refractivity contribution in [1.82, 2.24) is 15.5 Å². The zero-order chi connectivity index (χ0) is 10.7. The van der Waals surface area contributed by atoms with Crippen molar-refractivity contribution in [2.75, 3.05) is 39.3 Å². The van der Waals surface area contributed by atoms with Gasteiger partial charge < -0.3 is 15.5 Å². The second-order valence-electron chi connectivity index (χ2n) is 4.67. The van der Waals surface area contributed by atoms with Gasteiger partial charge >= 0.3 is 0 Å².